The van der Waals surface area contributed by atoms with Crippen LogP contribution >= 0.6 is 11.3 Å². The summed E-state index contributed by atoms with van der Waals surface area (Å²) >= 11 is 1.62. The molecule has 0 saturated carbocycles. The zero-order chi connectivity index (χ0) is 13.9. The van der Waals surface area contributed by atoms with Crippen LogP contribution in [0.25, 0.3) is 0 Å². The number of hydrogen-bond donors (Lipinski definition) is 1. The largest absolute Gasteiger partial charge is 0.494 e. The van der Waals surface area contributed by atoms with Crippen LogP contribution in [0.2, 0.25) is 0 Å². The fraction of sp³-hybridized carbons (Fsp3) is 0.312. The zero-order valence-electron chi connectivity index (χ0n) is 11.4. The molecular weight excluding hydrogens is 270 g/mol. The molecule has 1 aromatic heterocycles. The van der Waals surface area contributed by atoms with Gasteiger partial charge in [0.15, 0.2) is 0 Å². The summed E-state index contributed by atoms with van der Waals surface area (Å²) in [5, 5.41) is 2.93. The van der Waals surface area contributed by atoms with Crippen molar-refractivity contribution in [2.75, 3.05) is 11.9 Å². The third kappa shape index (κ3) is 2.70. The number of carbonyl (C=O) groups is 1. The van der Waals surface area contributed by atoms with E-state index in [1.54, 1.807) is 11.3 Å². The van der Waals surface area contributed by atoms with Crippen molar-refractivity contribution in [2.45, 2.75) is 26.2 Å². The molecule has 0 unspecified atom stereocenters. The quantitative estimate of drug-likeness (QED) is 0.926. The second kappa shape index (κ2) is 5.67. The van der Waals surface area contributed by atoms with Crippen LogP contribution in [-0.4, -0.2) is 12.5 Å². The summed E-state index contributed by atoms with van der Waals surface area (Å²) in [7, 11) is 0. The molecule has 1 amide bonds. The van der Waals surface area contributed by atoms with E-state index in [2.05, 4.69) is 5.32 Å². The molecule has 1 aliphatic rings. The Hall–Kier alpha value is -1.81. The van der Waals surface area contributed by atoms with Gasteiger partial charge in [-0.15, -0.1) is 11.3 Å². The number of amides is 1. The van der Waals surface area contributed by atoms with Crippen molar-refractivity contribution in [2.24, 2.45) is 0 Å². The molecule has 4 heteroatoms. The molecule has 3 rings (SSSR count). The van der Waals surface area contributed by atoms with E-state index in [0.717, 1.165) is 29.2 Å². The summed E-state index contributed by atoms with van der Waals surface area (Å²) in [6.45, 7) is 2.60. The number of benzene rings is 1. The van der Waals surface area contributed by atoms with Crippen molar-refractivity contribution in [3.63, 3.8) is 0 Å². The number of nitrogens with one attached hydrogen (secondary N) is 1. The summed E-state index contributed by atoms with van der Waals surface area (Å²) in [6.07, 6.45) is 3.46. The Bertz CT molecular complexity index is 594. The predicted octanol–water partition coefficient (Wildman–Crippen LogP) is 3.89. The molecule has 1 heterocycles. The summed E-state index contributed by atoms with van der Waals surface area (Å²) in [5.41, 5.74) is 2.15. The van der Waals surface area contributed by atoms with Crippen LogP contribution in [0.4, 0.5) is 5.69 Å². The van der Waals surface area contributed by atoms with E-state index in [1.807, 2.05) is 37.3 Å². The lowest BCUT2D eigenvalue weighted by atomic mass is 10.2. The Morgan fingerprint density at radius 3 is 2.80 bits per heavy atom. The maximum Gasteiger partial charge on any atom is 0.265 e. The van der Waals surface area contributed by atoms with E-state index < -0.39 is 0 Å². The molecule has 104 valence electrons. The van der Waals surface area contributed by atoms with Crippen molar-refractivity contribution in [1.82, 2.24) is 0 Å². The van der Waals surface area contributed by atoms with Gasteiger partial charge in [0.2, 0.25) is 0 Å². The van der Waals surface area contributed by atoms with E-state index in [4.69, 9.17) is 4.74 Å². The van der Waals surface area contributed by atoms with Crippen molar-refractivity contribution < 1.29 is 9.53 Å². The third-order valence-corrected chi connectivity index (χ3v) is 4.63. The normalized spacial score (nSPS) is 13.1. The first-order valence-electron chi connectivity index (χ1n) is 6.92. The van der Waals surface area contributed by atoms with Crippen LogP contribution in [0.5, 0.6) is 5.75 Å². The highest BCUT2D eigenvalue weighted by molar-refractivity contribution is 7.14. The van der Waals surface area contributed by atoms with E-state index in [-0.39, 0.29) is 5.91 Å². The lowest BCUT2D eigenvalue weighted by Gasteiger charge is -2.06. The number of carbonyl (C=O) groups excluding carboxylic acids is 1. The van der Waals surface area contributed by atoms with Crippen LogP contribution in [-0.2, 0) is 12.8 Å². The molecular formula is C16H17NO2S. The van der Waals surface area contributed by atoms with Crippen molar-refractivity contribution >= 4 is 22.9 Å². The first-order valence-corrected chi connectivity index (χ1v) is 7.73. The smallest absolute Gasteiger partial charge is 0.265 e. The van der Waals surface area contributed by atoms with Crippen molar-refractivity contribution in [3.8, 4) is 5.75 Å². The number of ether oxygens (including phenoxy) is 1. The van der Waals surface area contributed by atoms with Gasteiger partial charge >= 0.3 is 0 Å². The van der Waals surface area contributed by atoms with Gasteiger partial charge in [-0.3, -0.25) is 4.79 Å². The predicted molar refractivity (Wildman–Crippen MR) is 81.9 cm³/mol. The SMILES string of the molecule is CCOc1ccc(NC(=O)c2cc3c(s2)CCC3)cc1. The van der Waals surface area contributed by atoms with Gasteiger partial charge in [-0.1, -0.05) is 0 Å². The Balaban J connectivity index is 1.68. The van der Waals surface area contributed by atoms with Gasteiger partial charge in [0.05, 0.1) is 11.5 Å². The van der Waals surface area contributed by atoms with Gasteiger partial charge in [-0.2, -0.15) is 0 Å². The number of thiophene rings is 1. The van der Waals surface area contributed by atoms with Crippen molar-refractivity contribution in [1.29, 1.82) is 0 Å². The molecule has 0 atom stereocenters. The lowest BCUT2D eigenvalue weighted by molar-refractivity contribution is 0.103. The third-order valence-electron chi connectivity index (χ3n) is 3.39. The molecule has 0 spiro atoms. The second-order valence-corrected chi connectivity index (χ2v) is 5.96. The summed E-state index contributed by atoms with van der Waals surface area (Å²) in [4.78, 5) is 14.4. The zero-order valence-corrected chi connectivity index (χ0v) is 12.3. The molecule has 1 aliphatic carbocycles. The van der Waals surface area contributed by atoms with Gasteiger partial charge < -0.3 is 10.1 Å². The Morgan fingerprint density at radius 2 is 2.10 bits per heavy atom. The highest BCUT2D eigenvalue weighted by Crippen LogP contribution is 2.31. The van der Waals surface area contributed by atoms with Crippen molar-refractivity contribution in [3.05, 3.63) is 45.6 Å². The average Bonchev–Trinajstić information content (AvgIpc) is 3.02. The molecule has 0 bridgehead atoms. The molecule has 0 radical (unpaired) electrons. The first-order chi connectivity index (χ1) is 9.76. The van der Waals surface area contributed by atoms with Gasteiger partial charge in [-0.25, -0.2) is 0 Å². The van der Waals surface area contributed by atoms with Crippen LogP contribution in [0.1, 0.15) is 33.5 Å². The minimum Gasteiger partial charge on any atom is -0.494 e. The molecule has 0 saturated heterocycles. The standard InChI is InChI=1S/C16H17NO2S/c1-2-19-13-8-6-12(7-9-13)17-16(18)15-10-11-4-3-5-14(11)20-15/h6-10H,2-5H2,1H3,(H,17,18). The van der Waals surface area contributed by atoms with Gasteiger partial charge in [-0.05, 0) is 62.1 Å². The van der Waals surface area contributed by atoms with Crippen LogP contribution in [0, 0.1) is 0 Å². The highest BCUT2D eigenvalue weighted by atomic mass is 32.1. The van der Waals surface area contributed by atoms with Crippen LogP contribution in [0.15, 0.2) is 30.3 Å². The van der Waals surface area contributed by atoms with Crippen LogP contribution in [0.3, 0.4) is 0 Å². The summed E-state index contributed by atoms with van der Waals surface area (Å²) in [6, 6.07) is 9.51. The number of rotatable bonds is 4. The monoisotopic (exact) mass is 287 g/mol. The minimum absolute atomic E-state index is 0.0199. The molecule has 1 N–H and O–H groups in total. The Kier molecular flexibility index (Phi) is 3.74. The number of aryl methyl sites for hydroxylation is 2. The fourth-order valence-corrected chi connectivity index (χ4v) is 3.58. The Morgan fingerprint density at radius 1 is 1.30 bits per heavy atom. The Labute approximate surface area is 122 Å². The molecule has 1 aromatic carbocycles. The molecule has 0 fully saturated rings. The van der Waals surface area contributed by atoms with E-state index in [1.165, 1.54) is 16.9 Å². The summed E-state index contributed by atoms with van der Waals surface area (Å²) in [5.74, 6) is 0.800. The van der Waals surface area contributed by atoms with E-state index in [9.17, 15) is 4.79 Å². The highest BCUT2D eigenvalue weighted by Gasteiger charge is 2.18. The minimum atomic E-state index is -0.0199. The topological polar surface area (TPSA) is 38.3 Å². The number of fused-ring (bicyclic) bond motifs is 1. The van der Waals surface area contributed by atoms with E-state index >= 15 is 0 Å². The molecule has 3 nitrogen and oxygen atoms in total. The maximum absolute atomic E-state index is 12.2. The lowest BCUT2D eigenvalue weighted by Crippen LogP contribution is -2.10. The molecule has 0 aliphatic heterocycles. The van der Waals surface area contributed by atoms with Crippen LogP contribution < -0.4 is 10.1 Å². The fourth-order valence-electron chi connectivity index (χ4n) is 2.43. The molecule has 20 heavy (non-hydrogen) atoms. The number of hydrogen-bond acceptors (Lipinski definition) is 3. The first kappa shape index (κ1) is 13.2. The van der Waals surface area contributed by atoms with Gasteiger partial charge in [0, 0.05) is 10.6 Å². The molecule has 2 aromatic rings. The number of anilines is 1. The van der Waals surface area contributed by atoms with Gasteiger partial charge in [0.1, 0.15) is 5.75 Å². The maximum atomic E-state index is 12.2. The van der Waals surface area contributed by atoms with Gasteiger partial charge in [0.25, 0.3) is 5.91 Å². The summed E-state index contributed by atoms with van der Waals surface area (Å²) < 4.78 is 5.38. The average molecular weight is 287 g/mol. The van der Waals surface area contributed by atoms with E-state index in [0.29, 0.717) is 6.61 Å². The second-order valence-electron chi connectivity index (χ2n) is 4.82.